The van der Waals surface area contributed by atoms with Gasteiger partial charge in [0.05, 0.1) is 13.2 Å². The number of carbonyl (C=O) groups is 1. The minimum absolute atomic E-state index is 0.173. The van der Waals surface area contributed by atoms with Gasteiger partial charge in [0.15, 0.2) is 0 Å². The third-order valence-corrected chi connectivity index (χ3v) is 8.67. The highest BCUT2D eigenvalue weighted by Gasteiger charge is 2.13. The number of aliphatic hydroxyl groups is 1. The molecule has 0 aromatic carbocycles. The van der Waals surface area contributed by atoms with Crippen LogP contribution in [-0.4, -0.2) is 37.0 Å². The number of carbonyl (C=O) groups excluding carboxylic acids is 1. The second-order valence-electron chi connectivity index (χ2n) is 13.3. The molecule has 0 spiro atoms. The van der Waals surface area contributed by atoms with Gasteiger partial charge in [-0.05, 0) is 51.4 Å². The molecule has 0 heterocycles. The fourth-order valence-electron chi connectivity index (χ4n) is 5.67. The van der Waals surface area contributed by atoms with Crippen molar-refractivity contribution >= 4 is 5.97 Å². The lowest BCUT2D eigenvalue weighted by Gasteiger charge is -2.16. The largest absolute Gasteiger partial charge is 0.457 e. The molecule has 0 fully saturated rings. The Balaban J connectivity index is 3.44. The van der Waals surface area contributed by atoms with Crippen LogP contribution >= 0.6 is 0 Å². The number of ether oxygens (including phenoxy) is 2. The highest BCUT2D eigenvalue weighted by molar-refractivity contribution is 5.69. The van der Waals surface area contributed by atoms with Gasteiger partial charge in [-0.2, -0.15) is 0 Å². The van der Waals surface area contributed by atoms with Gasteiger partial charge in [0, 0.05) is 13.0 Å². The van der Waals surface area contributed by atoms with Crippen molar-refractivity contribution in [1.29, 1.82) is 0 Å². The first-order valence-electron chi connectivity index (χ1n) is 20.2. The van der Waals surface area contributed by atoms with Gasteiger partial charge in [0.25, 0.3) is 0 Å². The van der Waals surface area contributed by atoms with Gasteiger partial charge in [-0.25, -0.2) is 0 Å². The molecule has 0 bridgehead atoms. The Kier molecular flexibility index (Phi) is 39.1. The highest BCUT2D eigenvalue weighted by atomic mass is 16.6. The molecule has 0 saturated heterocycles. The van der Waals surface area contributed by atoms with Crippen LogP contribution in [0.1, 0.15) is 194 Å². The van der Waals surface area contributed by atoms with E-state index in [9.17, 15) is 9.90 Å². The summed E-state index contributed by atoms with van der Waals surface area (Å²) in [5, 5.41) is 9.58. The van der Waals surface area contributed by atoms with Crippen LogP contribution in [-0.2, 0) is 14.3 Å². The Morgan fingerprint density at radius 1 is 0.532 bits per heavy atom. The third-order valence-electron chi connectivity index (χ3n) is 8.67. The van der Waals surface area contributed by atoms with E-state index >= 15 is 0 Å². The summed E-state index contributed by atoms with van der Waals surface area (Å²) in [6.07, 6.45) is 51.6. The first-order valence-corrected chi connectivity index (χ1v) is 20.2. The molecule has 274 valence electrons. The first-order chi connectivity index (χ1) is 23.2. The van der Waals surface area contributed by atoms with Crippen molar-refractivity contribution in [2.75, 3.05) is 19.8 Å². The lowest BCUT2D eigenvalue weighted by Crippen LogP contribution is -2.27. The second-order valence-corrected chi connectivity index (χ2v) is 13.3. The second kappa shape index (κ2) is 40.5. The van der Waals surface area contributed by atoms with E-state index < -0.39 is 6.10 Å². The molecule has 47 heavy (non-hydrogen) atoms. The molecule has 4 nitrogen and oxygen atoms in total. The van der Waals surface area contributed by atoms with Crippen molar-refractivity contribution < 1.29 is 19.4 Å². The quantitative estimate of drug-likeness (QED) is 0.0410. The Bertz CT molecular complexity index is 738. The van der Waals surface area contributed by atoms with Crippen molar-refractivity contribution in [2.45, 2.75) is 200 Å². The van der Waals surface area contributed by atoms with Crippen molar-refractivity contribution in [3.05, 3.63) is 48.6 Å². The lowest BCUT2D eigenvalue weighted by atomic mass is 10.0. The molecule has 1 atom stereocenters. The van der Waals surface area contributed by atoms with Crippen molar-refractivity contribution in [1.82, 2.24) is 0 Å². The molecular weight excluding hydrogens is 580 g/mol. The molecule has 0 aromatic heterocycles. The van der Waals surface area contributed by atoms with Gasteiger partial charge in [0.1, 0.15) is 6.10 Å². The number of allylic oxidation sites excluding steroid dienone is 8. The van der Waals surface area contributed by atoms with E-state index in [1.807, 2.05) is 0 Å². The lowest BCUT2D eigenvalue weighted by molar-refractivity contribution is -0.154. The zero-order chi connectivity index (χ0) is 34.1. The van der Waals surface area contributed by atoms with Gasteiger partial charge in [-0.1, -0.05) is 184 Å². The van der Waals surface area contributed by atoms with Crippen LogP contribution in [0, 0.1) is 0 Å². The molecule has 0 radical (unpaired) electrons. The van der Waals surface area contributed by atoms with Crippen LogP contribution < -0.4 is 0 Å². The van der Waals surface area contributed by atoms with Crippen LogP contribution in [0.3, 0.4) is 0 Å². The molecule has 4 heteroatoms. The normalized spacial score (nSPS) is 12.8. The van der Waals surface area contributed by atoms with E-state index in [4.69, 9.17) is 9.47 Å². The Morgan fingerprint density at radius 3 is 1.45 bits per heavy atom. The first kappa shape index (κ1) is 45.3. The fraction of sp³-hybridized carbons (Fsp3) is 0.791. The monoisotopic (exact) mass is 659 g/mol. The molecule has 0 rings (SSSR count). The van der Waals surface area contributed by atoms with E-state index in [1.54, 1.807) is 0 Å². The maximum absolute atomic E-state index is 12.2. The van der Waals surface area contributed by atoms with Crippen LogP contribution in [0.15, 0.2) is 48.6 Å². The van der Waals surface area contributed by atoms with Gasteiger partial charge in [-0.3, -0.25) is 4.79 Å². The third kappa shape index (κ3) is 38.7. The van der Waals surface area contributed by atoms with Crippen LogP contribution in [0.5, 0.6) is 0 Å². The number of aliphatic hydroxyl groups excluding tert-OH is 1. The van der Waals surface area contributed by atoms with Crippen molar-refractivity contribution in [3.8, 4) is 0 Å². The summed E-state index contributed by atoms with van der Waals surface area (Å²) in [5.41, 5.74) is 0. The Morgan fingerprint density at radius 2 is 0.957 bits per heavy atom. The van der Waals surface area contributed by atoms with Crippen molar-refractivity contribution in [2.24, 2.45) is 0 Å². The number of rotatable bonds is 37. The minimum atomic E-state index is -0.535. The standard InChI is InChI=1S/C43H78O4/c1-3-5-7-9-11-13-15-17-18-19-20-21-22-23-24-25-27-29-31-33-35-37-39-46-41-42(40-44)47-43(45)38-36-34-32-30-28-26-16-14-12-10-8-6-4-2/h5,7,11,13,17-18,20-21,42,44H,3-4,6,8-10,12,14-16,19,22-41H2,1-2H3/b7-5-,13-11-,18-17-,21-20-. The van der Waals surface area contributed by atoms with Gasteiger partial charge < -0.3 is 14.6 Å². The maximum atomic E-state index is 12.2. The number of hydrogen-bond acceptors (Lipinski definition) is 4. The molecule has 1 unspecified atom stereocenters. The van der Waals surface area contributed by atoms with Crippen LogP contribution in [0.4, 0.5) is 0 Å². The van der Waals surface area contributed by atoms with E-state index in [0.29, 0.717) is 19.6 Å². The summed E-state index contributed by atoms with van der Waals surface area (Å²) in [7, 11) is 0. The van der Waals surface area contributed by atoms with E-state index in [-0.39, 0.29) is 12.6 Å². The Labute approximate surface area is 292 Å². The Hall–Kier alpha value is -1.65. The molecule has 1 N–H and O–H groups in total. The predicted octanol–water partition coefficient (Wildman–Crippen LogP) is 13.1. The maximum Gasteiger partial charge on any atom is 0.306 e. The van der Waals surface area contributed by atoms with Crippen molar-refractivity contribution in [3.63, 3.8) is 0 Å². The number of esters is 1. The predicted molar refractivity (Wildman–Crippen MR) is 205 cm³/mol. The highest BCUT2D eigenvalue weighted by Crippen LogP contribution is 2.14. The molecule has 0 aliphatic heterocycles. The molecule has 0 amide bonds. The SMILES string of the molecule is CC/C=C\C/C=C\C/C=C\C/C=C\CCCCCCCCCCCOCC(CO)OC(=O)CCCCCCCCCCCCCCC. The summed E-state index contributed by atoms with van der Waals surface area (Å²) in [4.78, 5) is 12.2. The summed E-state index contributed by atoms with van der Waals surface area (Å²) >= 11 is 0. The average Bonchev–Trinajstić information content (AvgIpc) is 3.08. The zero-order valence-electron chi connectivity index (χ0n) is 31.3. The summed E-state index contributed by atoms with van der Waals surface area (Å²) in [5.74, 6) is -0.203. The summed E-state index contributed by atoms with van der Waals surface area (Å²) < 4.78 is 11.1. The van der Waals surface area contributed by atoms with E-state index in [0.717, 1.165) is 44.9 Å². The van der Waals surface area contributed by atoms with Crippen LogP contribution in [0.25, 0.3) is 0 Å². The minimum Gasteiger partial charge on any atom is -0.457 e. The van der Waals surface area contributed by atoms with Crippen LogP contribution in [0.2, 0.25) is 0 Å². The average molecular weight is 659 g/mol. The topological polar surface area (TPSA) is 55.8 Å². The molecular formula is C43H78O4. The van der Waals surface area contributed by atoms with Gasteiger partial charge >= 0.3 is 5.97 Å². The van der Waals surface area contributed by atoms with E-state index in [2.05, 4.69) is 62.5 Å². The van der Waals surface area contributed by atoms with Gasteiger partial charge in [-0.15, -0.1) is 0 Å². The number of hydrogen-bond donors (Lipinski definition) is 1. The van der Waals surface area contributed by atoms with Gasteiger partial charge in [0.2, 0.25) is 0 Å². The smallest absolute Gasteiger partial charge is 0.306 e. The molecule has 0 aromatic rings. The molecule has 0 saturated carbocycles. The molecule has 0 aliphatic rings. The molecule has 0 aliphatic carbocycles. The summed E-state index contributed by atoms with van der Waals surface area (Å²) in [6.45, 7) is 5.23. The number of unbranched alkanes of at least 4 members (excludes halogenated alkanes) is 21. The zero-order valence-corrected chi connectivity index (χ0v) is 31.3. The summed E-state index contributed by atoms with van der Waals surface area (Å²) in [6, 6.07) is 0. The van der Waals surface area contributed by atoms with E-state index in [1.165, 1.54) is 128 Å². The fourth-order valence-corrected chi connectivity index (χ4v) is 5.67.